The second-order valence-corrected chi connectivity index (χ2v) is 7.60. The SMILES string of the molecule is CC(NCCS(=O)(=O)N(C)C)c1ccc(F)c(Br)c1. The van der Waals surface area contributed by atoms with Gasteiger partial charge in [-0.15, -0.1) is 0 Å². The second-order valence-electron chi connectivity index (χ2n) is 4.45. The van der Waals surface area contributed by atoms with Gasteiger partial charge in [0.2, 0.25) is 10.0 Å². The first-order chi connectivity index (χ1) is 8.74. The molecule has 0 saturated heterocycles. The fourth-order valence-corrected chi connectivity index (χ4v) is 2.62. The third kappa shape index (κ3) is 4.83. The van der Waals surface area contributed by atoms with E-state index in [1.807, 2.05) is 6.92 Å². The van der Waals surface area contributed by atoms with E-state index in [1.54, 1.807) is 12.1 Å². The molecular weight excluding hydrogens is 335 g/mol. The Kier molecular flexibility index (Phi) is 5.91. The summed E-state index contributed by atoms with van der Waals surface area (Å²) in [4.78, 5) is 0. The summed E-state index contributed by atoms with van der Waals surface area (Å²) in [6, 6.07) is 4.70. The van der Waals surface area contributed by atoms with Gasteiger partial charge in [0.15, 0.2) is 0 Å². The van der Waals surface area contributed by atoms with Crippen LogP contribution in [-0.2, 0) is 10.0 Å². The maximum Gasteiger partial charge on any atom is 0.214 e. The summed E-state index contributed by atoms with van der Waals surface area (Å²) in [6.07, 6.45) is 0. The van der Waals surface area contributed by atoms with Gasteiger partial charge in [-0.2, -0.15) is 0 Å². The van der Waals surface area contributed by atoms with Gasteiger partial charge in [0.05, 0.1) is 10.2 Å². The van der Waals surface area contributed by atoms with Crippen LogP contribution in [-0.4, -0.2) is 39.1 Å². The second kappa shape index (κ2) is 6.78. The Bertz CT molecular complexity index is 535. The zero-order chi connectivity index (χ0) is 14.6. The lowest BCUT2D eigenvalue weighted by molar-refractivity contribution is 0.512. The van der Waals surface area contributed by atoms with Crippen molar-refractivity contribution in [2.45, 2.75) is 13.0 Å². The largest absolute Gasteiger partial charge is 0.309 e. The number of halogens is 2. The minimum absolute atomic E-state index is 0.0344. The van der Waals surface area contributed by atoms with Crippen LogP contribution >= 0.6 is 15.9 Å². The van der Waals surface area contributed by atoms with Crippen LogP contribution in [0.5, 0.6) is 0 Å². The van der Waals surface area contributed by atoms with Gasteiger partial charge in [-0.25, -0.2) is 17.1 Å². The highest BCUT2D eigenvalue weighted by Crippen LogP contribution is 2.21. The van der Waals surface area contributed by atoms with Gasteiger partial charge in [0, 0.05) is 26.7 Å². The Labute approximate surface area is 122 Å². The van der Waals surface area contributed by atoms with E-state index in [4.69, 9.17) is 0 Å². The lowest BCUT2D eigenvalue weighted by Crippen LogP contribution is -2.32. The van der Waals surface area contributed by atoms with Crippen molar-refractivity contribution in [2.24, 2.45) is 0 Å². The first-order valence-corrected chi connectivity index (χ1v) is 8.23. The van der Waals surface area contributed by atoms with E-state index in [9.17, 15) is 12.8 Å². The molecule has 0 spiro atoms. The summed E-state index contributed by atoms with van der Waals surface area (Å²) < 4.78 is 37.9. The Balaban J connectivity index is 2.56. The van der Waals surface area contributed by atoms with Crippen molar-refractivity contribution in [3.8, 4) is 0 Å². The monoisotopic (exact) mass is 352 g/mol. The van der Waals surface area contributed by atoms with Gasteiger partial charge in [0.25, 0.3) is 0 Å². The molecule has 0 aromatic heterocycles. The summed E-state index contributed by atoms with van der Waals surface area (Å²) in [6.45, 7) is 2.25. The van der Waals surface area contributed by atoms with Crippen LogP contribution in [0, 0.1) is 5.82 Å². The van der Waals surface area contributed by atoms with Crippen LogP contribution in [0.3, 0.4) is 0 Å². The predicted octanol–water partition coefficient (Wildman–Crippen LogP) is 2.13. The minimum atomic E-state index is -3.19. The maximum absolute atomic E-state index is 13.1. The molecule has 0 aliphatic heterocycles. The van der Waals surface area contributed by atoms with Crippen LogP contribution in [0.25, 0.3) is 0 Å². The molecule has 1 rings (SSSR count). The molecule has 0 heterocycles. The first-order valence-electron chi connectivity index (χ1n) is 5.82. The van der Waals surface area contributed by atoms with Crippen LogP contribution in [0.1, 0.15) is 18.5 Å². The molecule has 0 fully saturated rings. The molecule has 1 atom stereocenters. The van der Waals surface area contributed by atoms with Crippen LogP contribution < -0.4 is 5.32 Å². The first kappa shape index (κ1) is 16.6. The third-order valence-electron chi connectivity index (χ3n) is 2.81. The number of rotatable bonds is 6. The van der Waals surface area contributed by atoms with Gasteiger partial charge in [-0.3, -0.25) is 0 Å². The molecule has 0 bridgehead atoms. The zero-order valence-corrected chi connectivity index (χ0v) is 13.6. The molecule has 0 aliphatic carbocycles. The summed E-state index contributed by atoms with van der Waals surface area (Å²) in [5.41, 5.74) is 0.899. The molecule has 1 N–H and O–H groups in total. The number of nitrogens with zero attached hydrogens (tertiary/aromatic N) is 1. The lowest BCUT2D eigenvalue weighted by Gasteiger charge is -2.16. The van der Waals surface area contributed by atoms with Crippen LogP contribution in [0.15, 0.2) is 22.7 Å². The highest BCUT2D eigenvalue weighted by molar-refractivity contribution is 9.10. The van der Waals surface area contributed by atoms with Gasteiger partial charge in [-0.1, -0.05) is 6.07 Å². The average molecular weight is 353 g/mol. The van der Waals surface area contributed by atoms with E-state index in [0.717, 1.165) is 5.56 Å². The molecule has 0 aliphatic rings. The van der Waals surface area contributed by atoms with E-state index in [1.165, 1.54) is 24.5 Å². The van der Waals surface area contributed by atoms with E-state index in [0.29, 0.717) is 11.0 Å². The molecule has 1 unspecified atom stereocenters. The zero-order valence-electron chi connectivity index (χ0n) is 11.2. The molecule has 0 amide bonds. The summed E-state index contributed by atoms with van der Waals surface area (Å²) in [5.74, 6) is -0.279. The molecule has 0 radical (unpaired) electrons. The van der Waals surface area contributed by atoms with E-state index in [2.05, 4.69) is 21.2 Å². The fourth-order valence-electron chi connectivity index (χ4n) is 1.49. The highest BCUT2D eigenvalue weighted by atomic mass is 79.9. The molecular formula is C12H18BrFN2O2S. The molecule has 19 heavy (non-hydrogen) atoms. The van der Waals surface area contributed by atoms with Crippen molar-refractivity contribution in [1.82, 2.24) is 9.62 Å². The van der Waals surface area contributed by atoms with Gasteiger partial charge in [0.1, 0.15) is 5.82 Å². The number of hydrogen-bond acceptors (Lipinski definition) is 3. The van der Waals surface area contributed by atoms with E-state index in [-0.39, 0.29) is 17.6 Å². The molecule has 7 heteroatoms. The van der Waals surface area contributed by atoms with E-state index < -0.39 is 10.0 Å². The van der Waals surface area contributed by atoms with Crippen molar-refractivity contribution < 1.29 is 12.8 Å². The Morgan fingerprint density at radius 1 is 1.42 bits per heavy atom. The van der Waals surface area contributed by atoms with Gasteiger partial charge in [-0.05, 0) is 40.5 Å². The summed E-state index contributed by atoms with van der Waals surface area (Å²) in [5, 5.41) is 3.11. The van der Waals surface area contributed by atoms with Crippen molar-refractivity contribution in [2.75, 3.05) is 26.4 Å². The molecule has 108 valence electrons. The highest BCUT2D eigenvalue weighted by Gasteiger charge is 2.14. The summed E-state index contributed by atoms with van der Waals surface area (Å²) >= 11 is 3.13. The number of benzene rings is 1. The number of sulfonamides is 1. The van der Waals surface area contributed by atoms with Crippen molar-refractivity contribution in [3.63, 3.8) is 0 Å². The van der Waals surface area contributed by atoms with Crippen LogP contribution in [0.2, 0.25) is 0 Å². The minimum Gasteiger partial charge on any atom is -0.309 e. The smallest absolute Gasteiger partial charge is 0.214 e. The quantitative estimate of drug-likeness (QED) is 0.853. The van der Waals surface area contributed by atoms with Crippen molar-refractivity contribution >= 4 is 26.0 Å². The standard InChI is InChI=1S/C12H18BrFN2O2S/c1-9(10-4-5-12(14)11(13)8-10)15-6-7-19(17,18)16(2)3/h4-5,8-9,15H,6-7H2,1-3H3. The lowest BCUT2D eigenvalue weighted by atomic mass is 10.1. The number of nitrogens with one attached hydrogen (secondary N) is 1. The van der Waals surface area contributed by atoms with Crippen molar-refractivity contribution in [1.29, 1.82) is 0 Å². The summed E-state index contributed by atoms with van der Waals surface area (Å²) in [7, 11) is -0.170. The Morgan fingerprint density at radius 3 is 2.58 bits per heavy atom. The maximum atomic E-state index is 13.1. The van der Waals surface area contributed by atoms with Gasteiger partial charge >= 0.3 is 0 Å². The fraction of sp³-hybridized carbons (Fsp3) is 0.500. The van der Waals surface area contributed by atoms with Gasteiger partial charge < -0.3 is 5.32 Å². The van der Waals surface area contributed by atoms with Crippen molar-refractivity contribution in [3.05, 3.63) is 34.1 Å². The van der Waals surface area contributed by atoms with Crippen LogP contribution in [0.4, 0.5) is 4.39 Å². The normalized spacial score (nSPS) is 13.8. The Hall–Kier alpha value is -0.500. The average Bonchev–Trinajstić information content (AvgIpc) is 2.32. The third-order valence-corrected chi connectivity index (χ3v) is 5.25. The molecule has 1 aromatic rings. The Morgan fingerprint density at radius 2 is 2.05 bits per heavy atom. The molecule has 4 nitrogen and oxygen atoms in total. The predicted molar refractivity (Wildman–Crippen MR) is 78.0 cm³/mol. The topological polar surface area (TPSA) is 49.4 Å². The molecule has 1 aromatic carbocycles. The number of hydrogen-bond donors (Lipinski definition) is 1. The van der Waals surface area contributed by atoms with E-state index >= 15 is 0 Å². The molecule has 0 saturated carbocycles.